The standard InChI is InChI=1S/C20H23N3O4/c1-25-12-6-8-16-15(10-12)14-4-3-5-17(20(14)22-16)21-18(24)9-7-13-11-19(26-2)23-27-13/h6,8,10-11,17,22H,3-5,7,9H2,1-2H3,(H,21,24)/t17-/m1/s1. The summed E-state index contributed by atoms with van der Waals surface area (Å²) in [5.74, 6) is 1.91. The van der Waals surface area contributed by atoms with Gasteiger partial charge in [-0.3, -0.25) is 4.79 Å². The van der Waals surface area contributed by atoms with Crippen molar-refractivity contribution in [3.63, 3.8) is 0 Å². The lowest BCUT2D eigenvalue weighted by Gasteiger charge is -2.23. The predicted octanol–water partition coefficient (Wildman–Crippen LogP) is 3.30. The molecule has 1 aliphatic rings. The molecule has 4 rings (SSSR count). The Bertz CT molecular complexity index is 959. The normalized spacial score (nSPS) is 16.1. The van der Waals surface area contributed by atoms with Gasteiger partial charge in [0.05, 0.1) is 20.3 Å². The number of amides is 1. The number of carbonyl (C=O) groups is 1. The monoisotopic (exact) mass is 369 g/mol. The maximum atomic E-state index is 12.4. The van der Waals surface area contributed by atoms with Crippen molar-refractivity contribution in [1.82, 2.24) is 15.5 Å². The van der Waals surface area contributed by atoms with E-state index in [0.29, 0.717) is 24.5 Å². The molecule has 2 aromatic heterocycles. The number of methoxy groups -OCH3 is 2. The Labute approximate surface area is 157 Å². The molecule has 0 saturated carbocycles. The van der Waals surface area contributed by atoms with Crippen molar-refractivity contribution in [3.8, 4) is 11.6 Å². The number of benzene rings is 1. The predicted molar refractivity (Wildman–Crippen MR) is 100 cm³/mol. The highest BCUT2D eigenvalue weighted by molar-refractivity contribution is 5.87. The number of ether oxygens (including phenoxy) is 2. The maximum Gasteiger partial charge on any atom is 0.254 e. The van der Waals surface area contributed by atoms with Crippen molar-refractivity contribution in [2.45, 2.75) is 38.1 Å². The summed E-state index contributed by atoms with van der Waals surface area (Å²) in [5.41, 5.74) is 3.47. The minimum Gasteiger partial charge on any atom is -0.497 e. The van der Waals surface area contributed by atoms with Crippen molar-refractivity contribution < 1.29 is 18.8 Å². The van der Waals surface area contributed by atoms with Crippen molar-refractivity contribution >= 4 is 16.8 Å². The number of aryl methyl sites for hydroxylation is 2. The fourth-order valence-electron chi connectivity index (χ4n) is 3.72. The largest absolute Gasteiger partial charge is 0.497 e. The van der Waals surface area contributed by atoms with Gasteiger partial charge in [0.1, 0.15) is 11.5 Å². The Morgan fingerprint density at radius 3 is 3.00 bits per heavy atom. The van der Waals surface area contributed by atoms with E-state index in [-0.39, 0.29) is 11.9 Å². The first-order valence-electron chi connectivity index (χ1n) is 9.15. The number of carbonyl (C=O) groups excluding carboxylic acids is 1. The van der Waals surface area contributed by atoms with Gasteiger partial charge < -0.3 is 24.3 Å². The molecule has 0 unspecified atom stereocenters. The molecule has 0 bridgehead atoms. The summed E-state index contributed by atoms with van der Waals surface area (Å²) in [6, 6.07) is 7.75. The van der Waals surface area contributed by atoms with Crippen molar-refractivity contribution in [2.75, 3.05) is 14.2 Å². The lowest BCUT2D eigenvalue weighted by Crippen LogP contribution is -2.31. The van der Waals surface area contributed by atoms with Gasteiger partial charge in [0.2, 0.25) is 5.91 Å². The average Bonchev–Trinajstić information content (AvgIpc) is 3.30. The minimum absolute atomic E-state index is 0.000506. The van der Waals surface area contributed by atoms with E-state index >= 15 is 0 Å². The third kappa shape index (κ3) is 3.49. The van der Waals surface area contributed by atoms with Gasteiger partial charge in [-0.05, 0) is 48.2 Å². The Kier molecular flexibility index (Phi) is 4.75. The third-order valence-electron chi connectivity index (χ3n) is 5.09. The average molecular weight is 369 g/mol. The first kappa shape index (κ1) is 17.5. The highest BCUT2D eigenvalue weighted by Crippen LogP contribution is 2.36. The van der Waals surface area contributed by atoms with Gasteiger partial charge >= 0.3 is 0 Å². The molecule has 1 amide bonds. The number of aromatic nitrogens is 2. The summed E-state index contributed by atoms with van der Waals surface area (Å²) < 4.78 is 15.5. The van der Waals surface area contributed by atoms with Crippen LogP contribution in [0.15, 0.2) is 28.8 Å². The quantitative estimate of drug-likeness (QED) is 0.696. The molecule has 7 heteroatoms. The number of nitrogens with zero attached hydrogens (tertiary/aromatic N) is 1. The topological polar surface area (TPSA) is 89.4 Å². The van der Waals surface area contributed by atoms with E-state index in [9.17, 15) is 4.79 Å². The lowest BCUT2D eigenvalue weighted by atomic mass is 9.91. The molecule has 1 aromatic carbocycles. The molecule has 0 fully saturated rings. The smallest absolute Gasteiger partial charge is 0.254 e. The van der Waals surface area contributed by atoms with Crippen LogP contribution < -0.4 is 14.8 Å². The Morgan fingerprint density at radius 2 is 2.22 bits per heavy atom. The van der Waals surface area contributed by atoms with Gasteiger partial charge in [0, 0.05) is 35.5 Å². The van der Waals surface area contributed by atoms with Gasteiger partial charge in [-0.1, -0.05) is 0 Å². The van der Waals surface area contributed by atoms with E-state index < -0.39 is 0 Å². The number of rotatable bonds is 6. The molecule has 0 saturated heterocycles. The van der Waals surface area contributed by atoms with Crippen LogP contribution in [-0.4, -0.2) is 30.3 Å². The van der Waals surface area contributed by atoms with Crippen LogP contribution in [0.3, 0.4) is 0 Å². The van der Waals surface area contributed by atoms with Gasteiger partial charge in [-0.25, -0.2) is 0 Å². The first-order chi connectivity index (χ1) is 13.2. The summed E-state index contributed by atoms with van der Waals surface area (Å²) in [6.07, 6.45) is 3.82. The number of hydrogen-bond donors (Lipinski definition) is 2. The van der Waals surface area contributed by atoms with E-state index in [1.54, 1.807) is 13.2 Å². The molecule has 7 nitrogen and oxygen atoms in total. The molecule has 27 heavy (non-hydrogen) atoms. The summed E-state index contributed by atoms with van der Waals surface area (Å²) in [5, 5.41) is 8.09. The molecule has 0 radical (unpaired) electrons. The Morgan fingerprint density at radius 1 is 1.33 bits per heavy atom. The van der Waals surface area contributed by atoms with Gasteiger partial charge in [0.15, 0.2) is 0 Å². The van der Waals surface area contributed by atoms with E-state index in [1.807, 2.05) is 12.1 Å². The number of hydrogen-bond acceptors (Lipinski definition) is 5. The Hall–Kier alpha value is -2.96. The molecular weight excluding hydrogens is 346 g/mol. The highest BCUT2D eigenvalue weighted by Gasteiger charge is 2.25. The number of fused-ring (bicyclic) bond motifs is 3. The zero-order valence-corrected chi connectivity index (χ0v) is 15.5. The highest BCUT2D eigenvalue weighted by atomic mass is 16.5. The van der Waals surface area contributed by atoms with Crippen LogP contribution in [0.2, 0.25) is 0 Å². The summed E-state index contributed by atoms with van der Waals surface area (Å²) >= 11 is 0. The van der Waals surface area contributed by atoms with Gasteiger partial charge in [-0.2, -0.15) is 0 Å². The number of nitrogens with one attached hydrogen (secondary N) is 2. The van der Waals surface area contributed by atoms with Crippen LogP contribution in [0, 0.1) is 0 Å². The molecule has 0 aliphatic heterocycles. The van der Waals surface area contributed by atoms with Crippen LogP contribution in [-0.2, 0) is 17.6 Å². The van der Waals surface area contributed by atoms with Crippen LogP contribution in [0.4, 0.5) is 0 Å². The molecule has 1 aliphatic carbocycles. The SMILES string of the molecule is COc1ccc2[nH]c3c(c2c1)CCC[C@H]3NC(=O)CCc1cc(OC)no1. The van der Waals surface area contributed by atoms with Gasteiger partial charge in [0.25, 0.3) is 5.88 Å². The van der Waals surface area contributed by atoms with Crippen molar-refractivity contribution in [3.05, 3.63) is 41.3 Å². The minimum atomic E-state index is -0.000506. The van der Waals surface area contributed by atoms with Crippen LogP contribution in [0.25, 0.3) is 10.9 Å². The number of aromatic amines is 1. The molecule has 0 spiro atoms. The second-order valence-electron chi connectivity index (χ2n) is 6.78. The van der Waals surface area contributed by atoms with E-state index in [4.69, 9.17) is 14.0 Å². The summed E-state index contributed by atoms with van der Waals surface area (Å²) in [7, 11) is 3.21. The fraction of sp³-hybridized carbons (Fsp3) is 0.400. The fourth-order valence-corrected chi connectivity index (χ4v) is 3.72. The molecule has 3 aromatic rings. The second-order valence-corrected chi connectivity index (χ2v) is 6.78. The number of H-pyrrole nitrogens is 1. The van der Waals surface area contributed by atoms with Crippen LogP contribution >= 0.6 is 0 Å². The zero-order chi connectivity index (χ0) is 18.8. The van der Waals surface area contributed by atoms with Gasteiger partial charge in [-0.15, -0.1) is 0 Å². The molecule has 142 valence electrons. The molecule has 2 N–H and O–H groups in total. The second kappa shape index (κ2) is 7.34. The summed E-state index contributed by atoms with van der Waals surface area (Å²) in [4.78, 5) is 15.9. The zero-order valence-electron chi connectivity index (χ0n) is 15.5. The molecular formula is C20H23N3O4. The lowest BCUT2D eigenvalue weighted by molar-refractivity contribution is -0.122. The van der Waals surface area contributed by atoms with E-state index in [1.165, 1.54) is 18.1 Å². The van der Waals surface area contributed by atoms with Crippen LogP contribution in [0.5, 0.6) is 11.6 Å². The molecule has 2 heterocycles. The molecule has 1 atom stereocenters. The third-order valence-corrected chi connectivity index (χ3v) is 5.09. The van der Waals surface area contributed by atoms with Crippen molar-refractivity contribution in [2.24, 2.45) is 0 Å². The van der Waals surface area contributed by atoms with Crippen LogP contribution in [0.1, 0.15) is 42.3 Å². The van der Waals surface area contributed by atoms with Crippen molar-refractivity contribution in [1.29, 1.82) is 0 Å². The summed E-state index contributed by atoms with van der Waals surface area (Å²) in [6.45, 7) is 0. The van der Waals surface area contributed by atoms with E-state index in [0.717, 1.165) is 36.2 Å². The van der Waals surface area contributed by atoms with E-state index in [2.05, 4.69) is 21.5 Å². The first-order valence-corrected chi connectivity index (χ1v) is 9.15. The maximum absolute atomic E-state index is 12.4. The Balaban J connectivity index is 1.46.